The number of hydrogen-bond donors (Lipinski definition) is 0. The first-order valence-electron chi connectivity index (χ1n) is 3.03. The summed E-state index contributed by atoms with van der Waals surface area (Å²) in [6.45, 7) is 0. The second kappa shape index (κ2) is 15.1. The summed E-state index contributed by atoms with van der Waals surface area (Å²) in [5.41, 5.74) is 0. The second-order valence-corrected chi connectivity index (χ2v) is 13.8. The van der Waals surface area contributed by atoms with Crippen molar-refractivity contribution in [2.45, 2.75) is 0 Å². The third kappa shape index (κ3) is 15.1. The zero-order valence-electron chi connectivity index (χ0n) is 6.88. The Kier molecular flexibility index (Phi) is 16.1. The van der Waals surface area contributed by atoms with Gasteiger partial charge in [0, 0.05) is 96.9 Å². The molecule has 0 aliphatic rings. The van der Waals surface area contributed by atoms with Gasteiger partial charge in [-0.15, -0.1) is 0 Å². The van der Waals surface area contributed by atoms with Crippen LogP contribution in [0, 0.1) is 0 Å². The Morgan fingerprint density at radius 2 is 1.20 bits per heavy atom. The van der Waals surface area contributed by atoms with Gasteiger partial charge in [0.05, 0.1) is 0 Å². The minimum atomic E-state index is 1.35. The van der Waals surface area contributed by atoms with E-state index in [9.17, 15) is 0 Å². The van der Waals surface area contributed by atoms with Gasteiger partial charge in [-0.3, -0.25) is 0 Å². The minimum absolute atomic E-state index is 1.35. The number of aromatic nitrogens is 2. The lowest BCUT2D eigenvalue weighted by Gasteiger charge is -1.70. The van der Waals surface area contributed by atoms with Crippen LogP contribution in [0.15, 0.2) is 24.8 Å². The summed E-state index contributed by atoms with van der Waals surface area (Å²) in [5, 5.41) is 0. The highest BCUT2D eigenvalue weighted by Crippen LogP contribution is 1.66. The smallest absolute Gasteiger partial charge is 0.115 e. The van der Waals surface area contributed by atoms with E-state index in [1.165, 1.54) is 24.1 Å². The van der Waals surface area contributed by atoms with Crippen LogP contribution in [0.3, 0.4) is 0 Å². The molecule has 2 nitrogen and oxygen atoms in total. The molecule has 0 amide bonds. The van der Waals surface area contributed by atoms with Crippen LogP contribution in [0.25, 0.3) is 0 Å². The van der Waals surface area contributed by atoms with Gasteiger partial charge in [0.2, 0.25) is 0 Å². The normalized spacial score (nSPS) is 7.20. The van der Waals surface area contributed by atoms with E-state index in [1.54, 1.807) is 62.9 Å². The van der Waals surface area contributed by atoms with E-state index in [2.05, 4.69) is 32.3 Å². The van der Waals surface area contributed by atoms with Crippen molar-refractivity contribution in [3.63, 3.8) is 0 Å². The Bertz CT molecular complexity index is 468. The summed E-state index contributed by atoms with van der Waals surface area (Å²) in [6.07, 6.45) is 4.88. The molecule has 0 saturated carbocycles. The Hall–Kier alpha value is 1.06. The van der Waals surface area contributed by atoms with Crippen molar-refractivity contribution in [2.24, 2.45) is 0 Å². The van der Waals surface area contributed by atoms with E-state index in [1.807, 2.05) is 0 Å². The largest absolute Gasteiger partial charge is 0.245 e. The topological polar surface area (TPSA) is 25.8 Å². The molecule has 1 aromatic rings. The van der Waals surface area contributed by atoms with Gasteiger partial charge in [-0.2, -0.15) is 0 Å². The zero-order valence-corrected chi connectivity index (χ0v) is 14.2. The Morgan fingerprint density at radius 3 is 1.47 bits per heavy atom. The van der Waals surface area contributed by atoms with E-state index >= 15 is 0 Å². The van der Waals surface area contributed by atoms with E-state index < -0.39 is 0 Å². The maximum atomic E-state index is 4.63. The number of rotatable bonds is 0. The van der Waals surface area contributed by atoms with Gasteiger partial charge < -0.3 is 0 Å². The van der Waals surface area contributed by atoms with Gasteiger partial charge in [0.25, 0.3) is 0 Å². The fourth-order valence-corrected chi connectivity index (χ4v) is 14.0. The average molecular weight is 369 g/mol. The monoisotopic (exact) mass is 368 g/mol. The molecule has 0 radical (unpaired) electrons. The molecule has 0 aliphatic heterocycles. The number of hydrogen-bond acceptors (Lipinski definition) is 4. The summed E-state index contributed by atoms with van der Waals surface area (Å²) >= 11 is 9.27. The van der Waals surface area contributed by atoms with Crippen molar-refractivity contribution in [1.82, 2.24) is 9.97 Å². The quantitative estimate of drug-likeness (QED) is 0.664. The first-order chi connectivity index (χ1) is 7.41. The lowest BCUT2D eigenvalue weighted by atomic mass is 10.7. The van der Waals surface area contributed by atoms with Crippen molar-refractivity contribution in [1.29, 1.82) is 0 Å². The lowest BCUT2D eigenvalue weighted by Crippen LogP contribution is -1.66. The van der Waals surface area contributed by atoms with Gasteiger partial charge in [0.1, 0.15) is 6.33 Å². The van der Waals surface area contributed by atoms with Crippen LogP contribution < -0.4 is 0 Å². The predicted molar refractivity (Wildman–Crippen MR) is 88.3 cm³/mol. The highest BCUT2D eigenvalue weighted by molar-refractivity contribution is 8.72. The molecular formula is C4H4N2S9. The van der Waals surface area contributed by atoms with Crippen LogP contribution in [-0.4, -0.2) is 9.97 Å². The van der Waals surface area contributed by atoms with E-state index in [-0.39, 0.29) is 0 Å². The molecule has 84 valence electrons. The highest BCUT2D eigenvalue weighted by atomic mass is 33.4. The molecule has 0 saturated heterocycles. The third-order valence-electron chi connectivity index (χ3n) is 0.644. The molecule has 0 unspecified atom stereocenters. The van der Waals surface area contributed by atoms with Crippen molar-refractivity contribution in [3.8, 4) is 0 Å². The minimum Gasteiger partial charge on any atom is -0.245 e. The van der Waals surface area contributed by atoms with E-state index in [4.69, 9.17) is 0 Å². The lowest BCUT2D eigenvalue weighted by molar-refractivity contribution is 1.17. The van der Waals surface area contributed by atoms with Crippen LogP contribution in [-0.2, 0) is 84.5 Å². The van der Waals surface area contributed by atoms with Crippen LogP contribution in [0.1, 0.15) is 0 Å². The first-order valence-corrected chi connectivity index (χ1v) is 13.7. The third-order valence-corrected chi connectivity index (χ3v) is 14.0. The molecule has 15 heavy (non-hydrogen) atoms. The van der Waals surface area contributed by atoms with Gasteiger partial charge >= 0.3 is 0 Å². The standard InChI is InChI=1S/C4H4N2.S9/c1-2-5-4-6-3-1;1-3-5-7-9-8-6-4-2/h1-4H;. The molecule has 0 atom stereocenters. The molecule has 0 aliphatic carbocycles. The fraction of sp³-hybridized carbons (Fsp3) is 0. The van der Waals surface area contributed by atoms with Crippen molar-refractivity contribution in [3.05, 3.63) is 24.8 Å². The summed E-state index contributed by atoms with van der Waals surface area (Å²) in [6, 6.07) is 1.78. The SMILES string of the molecule is S=S=S=S=S=S=S=S=S.c1cncnc1. The Labute approximate surface area is 118 Å². The molecule has 0 N–H and O–H groups in total. The zero-order chi connectivity index (χ0) is 11.2. The molecule has 11 heteroatoms. The number of nitrogens with zero attached hydrogens (tertiary/aromatic N) is 2. The fourth-order valence-electron chi connectivity index (χ4n) is 0.310. The average Bonchev–Trinajstić information content (AvgIpc) is 2.32. The molecule has 0 fully saturated rings. The van der Waals surface area contributed by atoms with E-state index in [0.717, 1.165) is 0 Å². The predicted octanol–water partition coefficient (Wildman–Crippen LogP) is 0.455. The maximum Gasteiger partial charge on any atom is 0.115 e. The van der Waals surface area contributed by atoms with E-state index in [0.29, 0.717) is 0 Å². The van der Waals surface area contributed by atoms with Crippen molar-refractivity contribution in [2.75, 3.05) is 0 Å². The molecule has 1 heterocycles. The summed E-state index contributed by atoms with van der Waals surface area (Å²) in [4.78, 5) is 7.35. The van der Waals surface area contributed by atoms with Crippen LogP contribution >= 0.6 is 0 Å². The summed E-state index contributed by atoms with van der Waals surface area (Å²) < 4.78 is 0. The first kappa shape index (κ1) is 16.1. The summed E-state index contributed by atoms with van der Waals surface area (Å²) in [5.74, 6) is 0. The molecule has 0 bridgehead atoms. The van der Waals surface area contributed by atoms with Crippen molar-refractivity contribution < 1.29 is 0 Å². The molecule has 0 spiro atoms. The molecule has 0 aromatic carbocycles. The highest BCUT2D eigenvalue weighted by Gasteiger charge is 1.59. The Balaban J connectivity index is 0.000000280. The second-order valence-electron chi connectivity index (χ2n) is 1.38. The van der Waals surface area contributed by atoms with Crippen LogP contribution in [0.5, 0.6) is 0 Å². The van der Waals surface area contributed by atoms with Gasteiger partial charge in [0.15, 0.2) is 0 Å². The maximum absolute atomic E-state index is 4.63. The van der Waals surface area contributed by atoms with Crippen LogP contribution in [0.2, 0.25) is 0 Å². The molecule has 1 rings (SSSR count). The molecular weight excluding hydrogens is 365 g/mol. The van der Waals surface area contributed by atoms with Gasteiger partial charge in [-0.1, -0.05) is 0 Å². The van der Waals surface area contributed by atoms with Crippen LogP contribution in [0.4, 0.5) is 0 Å². The molecule has 1 aromatic heterocycles. The summed E-state index contributed by atoms with van der Waals surface area (Å²) in [7, 11) is 10.9. The van der Waals surface area contributed by atoms with Gasteiger partial charge in [-0.05, 0) is 6.07 Å². The van der Waals surface area contributed by atoms with Crippen molar-refractivity contribution >= 4 is 84.5 Å². The Morgan fingerprint density at radius 1 is 0.733 bits per heavy atom. The van der Waals surface area contributed by atoms with Gasteiger partial charge in [-0.25, -0.2) is 9.97 Å².